The molecule has 5 aromatic rings. The van der Waals surface area contributed by atoms with Crippen molar-refractivity contribution in [1.82, 2.24) is 29.5 Å². The predicted octanol–water partition coefficient (Wildman–Crippen LogP) is 4.50. The Morgan fingerprint density at radius 1 is 1.10 bits per heavy atom. The van der Waals surface area contributed by atoms with Gasteiger partial charge in [-0.25, -0.2) is 14.5 Å². The first-order valence-electron chi connectivity index (χ1n) is 13.0. The Labute approximate surface area is 225 Å². The monoisotopic (exact) mass is 526 g/mol. The molecule has 0 saturated carbocycles. The maximum absolute atomic E-state index is 13.2. The second-order valence-electron chi connectivity index (χ2n) is 9.81. The molecule has 0 radical (unpaired) electrons. The van der Waals surface area contributed by atoms with Crippen LogP contribution in [0.15, 0.2) is 48.8 Å². The molecule has 0 N–H and O–H groups in total. The molecular weight excluding hydrogens is 496 g/mol. The fourth-order valence-corrected chi connectivity index (χ4v) is 5.90. The molecule has 0 aliphatic carbocycles. The number of pyridine rings is 2. The summed E-state index contributed by atoms with van der Waals surface area (Å²) in [5, 5.41) is 9.12. The zero-order chi connectivity index (χ0) is 27.1. The van der Waals surface area contributed by atoms with Crippen LogP contribution in [0.25, 0.3) is 33.2 Å². The Kier molecular flexibility index (Phi) is 6.48. The molecule has 6 rings (SSSR count). The summed E-state index contributed by atoms with van der Waals surface area (Å²) in [5.41, 5.74) is 6.31. The van der Waals surface area contributed by atoms with Gasteiger partial charge in [-0.15, -0.1) is 5.10 Å². The average Bonchev–Trinajstić information content (AvgIpc) is 3.49. The van der Waals surface area contributed by atoms with E-state index in [2.05, 4.69) is 38.1 Å². The Morgan fingerprint density at radius 3 is 2.54 bits per heavy atom. The first-order valence-corrected chi connectivity index (χ1v) is 13.0. The fraction of sp³-hybridized carbons (Fsp3) is 0.345. The quantitative estimate of drug-likeness (QED) is 0.298. The van der Waals surface area contributed by atoms with Gasteiger partial charge in [-0.2, -0.15) is 0 Å². The lowest BCUT2D eigenvalue weighted by atomic mass is 9.86. The minimum atomic E-state index is -0.468. The van der Waals surface area contributed by atoms with Crippen molar-refractivity contribution < 1.29 is 19.0 Å². The highest BCUT2D eigenvalue weighted by molar-refractivity contribution is 6.15. The molecule has 0 bridgehead atoms. The number of carbonyl (C=O) groups excluding carboxylic acids is 1. The van der Waals surface area contributed by atoms with Gasteiger partial charge in [-0.3, -0.25) is 4.98 Å². The van der Waals surface area contributed by atoms with Gasteiger partial charge < -0.3 is 18.8 Å². The highest BCUT2D eigenvalue weighted by Crippen LogP contribution is 2.44. The molecule has 1 aliphatic heterocycles. The van der Waals surface area contributed by atoms with E-state index in [4.69, 9.17) is 19.2 Å². The lowest BCUT2D eigenvalue weighted by Crippen LogP contribution is -2.27. The number of aryl methyl sites for hydroxylation is 2. The molecule has 0 spiro atoms. The minimum absolute atomic E-state index is 0.103. The van der Waals surface area contributed by atoms with E-state index in [1.807, 2.05) is 38.4 Å². The van der Waals surface area contributed by atoms with Crippen molar-refractivity contribution in [1.29, 1.82) is 0 Å². The van der Waals surface area contributed by atoms with Gasteiger partial charge in [0.15, 0.2) is 0 Å². The SMILES string of the molecule is COC(=O)c1cnc(OC)c2c3ncc(-c4c(C)nnn4C)cc3n(C(c3ccccc3)C3CCOCC3)c12. The molecule has 5 heterocycles. The number of benzene rings is 1. The average molecular weight is 527 g/mol. The van der Waals surface area contributed by atoms with Crippen LogP contribution in [0.3, 0.4) is 0 Å². The molecule has 1 atom stereocenters. The fourth-order valence-electron chi connectivity index (χ4n) is 5.90. The van der Waals surface area contributed by atoms with Gasteiger partial charge in [0, 0.05) is 38.2 Å². The van der Waals surface area contributed by atoms with Crippen LogP contribution in [0.2, 0.25) is 0 Å². The van der Waals surface area contributed by atoms with Crippen molar-refractivity contribution in [2.24, 2.45) is 13.0 Å². The third-order valence-corrected chi connectivity index (χ3v) is 7.62. The molecule has 200 valence electrons. The zero-order valence-electron chi connectivity index (χ0n) is 22.4. The molecule has 1 unspecified atom stereocenters. The molecule has 1 aliphatic rings. The minimum Gasteiger partial charge on any atom is -0.480 e. The van der Waals surface area contributed by atoms with E-state index in [0.717, 1.165) is 40.9 Å². The second-order valence-corrected chi connectivity index (χ2v) is 9.81. The van der Waals surface area contributed by atoms with E-state index < -0.39 is 5.97 Å². The summed E-state index contributed by atoms with van der Waals surface area (Å²) < 4.78 is 20.7. The Morgan fingerprint density at radius 2 is 1.87 bits per heavy atom. The lowest BCUT2D eigenvalue weighted by Gasteiger charge is -2.33. The van der Waals surface area contributed by atoms with Gasteiger partial charge >= 0.3 is 5.97 Å². The number of aromatic nitrogens is 6. The van der Waals surface area contributed by atoms with Crippen LogP contribution >= 0.6 is 0 Å². The normalized spacial score (nSPS) is 15.1. The third-order valence-electron chi connectivity index (χ3n) is 7.62. The number of rotatable bonds is 6. The lowest BCUT2D eigenvalue weighted by molar-refractivity contribution is 0.0549. The van der Waals surface area contributed by atoms with E-state index in [0.29, 0.717) is 41.1 Å². The first kappa shape index (κ1) is 25.0. The number of ether oxygens (including phenoxy) is 3. The molecule has 4 aromatic heterocycles. The number of nitrogens with zero attached hydrogens (tertiary/aromatic N) is 6. The van der Waals surface area contributed by atoms with Gasteiger partial charge in [0.1, 0.15) is 11.1 Å². The van der Waals surface area contributed by atoms with Crippen molar-refractivity contribution in [3.8, 4) is 17.1 Å². The van der Waals surface area contributed by atoms with Crippen molar-refractivity contribution in [2.75, 3.05) is 27.4 Å². The first-order chi connectivity index (χ1) is 19.0. The van der Waals surface area contributed by atoms with E-state index in [1.54, 1.807) is 11.8 Å². The molecule has 1 saturated heterocycles. The molecule has 1 aromatic carbocycles. The predicted molar refractivity (Wildman–Crippen MR) is 146 cm³/mol. The van der Waals surface area contributed by atoms with E-state index in [9.17, 15) is 4.79 Å². The number of hydrogen-bond acceptors (Lipinski definition) is 8. The van der Waals surface area contributed by atoms with Gasteiger partial charge in [0.2, 0.25) is 5.88 Å². The maximum atomic E-state index is 13.2. The largest absolute Gasteiger partial charge is 0.480 e. The summed E-state index contributed by atoms with van der Waals surface area (Å²) in [4.78, 5) is 22.6. The Bertz CT molecular complexity index is 1650. The molecule has 0 amide bonds. The number of esters is 1. The molecular formula is C29H30N6O4. The van der Waals surface area contributed by atoms with Gasteiger partial charge in [0.25, 0.3) is 0 Å². The molecule has 1 fully saturated rings. The molecule has 10 nitrogen and oxygen atoms in total. The standard InChI is InChI=1S/C29H30N6O4/c1-17-25(34(2)33-32-17)20-14-22-24(30-15-20)23-27(21(29(36)38-4)16-31-28(23)37-3)35(22)26(18-8-6-5-7-9-18)19-10-12-39-13-11-19/h5-9,14-16,19,26H,10-13H2,1-4H3. The Hall–Kier alpha value is -4.31. The summed E-state index contributed by atoms with van der Waals surface area (Å²) in [6.07, 6.45) is 5.11. The van der Waals surface area contributed by atoms with Crippen LogP contribution in [0.5, 0.6) is 5.88 Å². The van der Waals surface area contributed by atoms with Crippen LogP contribution in [-0.4, -0.2) is 62.9 Å². The zero-order valence-corrected chi connectivity index (χ0v) is 22.4. The summed E-state index contributed by atoms with van der Waals surface area (Å²) in [6, 6.07) is 12.4. The Balaban J connectivity index is 1.77. The van der Waals surface area contributed by atoms with Crippen molar-refractivity contribution in [3.63, 3.8) is 0 Å². The van der Waals surface area contributed by atoms with E-state index in [1.165, 1.54) is 13.3 Å². The van der Waals surface area contributed by atoms with Crippen molar-refractivity contribution in [3.05, 3.63) is 65.6 Å². The molecule has 39 heavy (non-hydrogen) atoms. The van der Waals surface area contributed by atoms with E-state index in [-0.39, 0.29) is 12.0 Å². The summed E-state index contributed by atoms with van der Waals surface area (Å²) in [6.45, 7) is 3.30. The van der Waals surface area contributed by atoms with Crippen LogP contribution in [0, 0.1) is 12.8 Å². The topological polar surface area (TPSA) is 106 Å². The smallest absolute Gasteiger partial charge is 0.341 e. The van der Waals surface area contributed by atoms with Crippen LogP contribution in [-0.2, 0) is 16.5 Å². The van der Waals surface area contributed by atoms with Gasteiger partial charge in [-0.1, -0.05) is 35.5 Å². The van der Waals surface area contributed by atoms with E-state index >= 15 is 0 Å². The highest BCUT2D eigenvalue weighted by Gasteiger charge is 2.33. The summed E-state index contributed by atoms with van der Waals surface area (Å²) in [5.74, 6) is 0.192. The van der Waals surface area contributed by atoms with Crippen LogP contribution < -0.4 is 4.74 Å². The highest BCUT2D eigenvalue weighted by atomic mass is 16.5. The third kappa shape index (κ3) is 4.11. The number of hydrogen-bond donors (Lipinski definition) is 0. The van der Waals surface area contributed by atoms with Crippen molar-refractivity contribution >= 4 is 27.9 Å². The van der Waals surface area contributed by atoms with Gasteiger partial charge in [-0.05, 0) is 37.3 Å². The summed E-state index contributed by atoms with van der Waals surface area (Å²) >= 11 is 0. The molecule has 10 heteroatoms. The number of carbonyl (C=O) groups is 1. The number of methoxy groups -OCH3 is 2. The van der Waals surface area contributed by atoms with Crippen molar-refractivity contribution in [2.45, 2.75) is 25.8 Å². The maximum Gasteiger partial charge on any atom is 0.341 e. The second kappa shape index (κ2) is 10.1. The van der Waals surface area contributed by atoms with Crippen LogP contribution in [0.1, 0.15) is 40.5 Å². The van der Waals surface area contributed by atoms with Gasteiger partial charge in [0.05, 0.1) is 48.1 Å². The summed E-state index contributed by atoms with van der Waals surface area (Å²) in [7, 11) is 4.83. The van der Waals surface area contributed by atoms with Crippen LogP contribution in [0.4, 0.5) is 0 Å². The number of fused-ring (bicyclic) bond motifs is 3.